The molecule has 0 heterocycles. The van der Waals surface area contributed by atoms with E-state index in [-0.39, 0.29) is 22.7 Å². The Bertz CT molecular complexity index is 662. The Morgan fingerprint density at radius 3 is 2.15 bits per heavy atom. The number of Topliss-reactive ketones (excluding diaryl/α,β-unsaturated/α-hetero) is 1. The highest BCUT2D eigenvalue weighted by Crippen LogP contribution is 2.25. The van der Waals surface area contributed by atoms with E-state index in [0.717, 1.165) is 6.07 Å². The number of carboxylic acid groups (broad SMARTS) is 1. The van der Waals surface area contributed by atoms with Crippen LogP contribution in [-0.4, -0.2) is 16.9 Å². The summed E-state index contributed by atoms with van der Waals surface area (Å²) in [7, 11) is 0. The molecule has 2 rings (SSSR count). The number of benzene rings is 2. The van der Waals surface area contributed by atoms with Crippen molar-refractivity contribution in [2.45, 2.75) is 6.92 Å². The van der Waals surface area contributed by atoms with Gasteiger partial charge in [0.2, 0.25) is 0 Å². The molecular weight excluding hydrogens is 263 g/mol. The molecule has 0 aliphatic carbocycles. The van der Waals surface area contributed by atoms with Crippen LogP contribution in [-0.2, 0) is 0 Å². The van der Waals surface area contributed by atoms with Crippen LogP contribution in [0.25, 0.3) is 0 Å². The standard InChI is InChI=1S/C15H11FO4/c1-9(17)11-4-7-14(13(16)8-11)20-12-5-2-10(3-6-12)15(18)19/h2-8H,1H3,(H,18,19). The minimum atomic E-state index is -1.05. The summed E-state index contributed by atoms with van der Waals surface area (Å²) >= 11 is 0. The summed E-state index contributed by atoms with van der Waals surface area (Å²) in [5.74, 6) is -1.66. The van der Waals surface area contributed by atoms with Crippen LogP contribution in [0.2, 0.25) is 0 Å². The summed E-state index contributed by atoms with van der Waals surface area (Å²) in [5.41, 5.74) is 0.376. The molecule has 0 radical (unpaired) electrons. The maximum Gasteiger partial charge on any atom is 0.335 e. The van der Waals surface area contributed by atoms with Crippen molar-refractivity contribution in [3.05, 3.63) is 59.4 Å². The van der Waals surface area contributed by atoms with E-state index in [1.807, 2.05) is 0 Å². The Balaban J connectivity index is 2.21. The zero-order valence-corrected chi connectivity index (χ0v) is 10.6. The molecule has 0 bridgehead atoms. The first-order valence-corrected chi connectivity index (χ1v) is 5.79. The van der Waals surface area contributed by atoms with E-state index >= 15 is 0 Å². The lowest BCUT2D eigenvalue weighted by molar-refractivity contribution is 0.0696. The quantitative estimate of drug-likeness (QED) is 0.866. The minimum Gasteiger partial charge on any atom is -0.478 e. The smallest absolute Gasteiger partial charge is 0.335 e. The molecule has 0 aromatic heterocycles. The van der Waals surface area contributed by atoms with Crippen molar-refractivity contribution in [2.75, 3.05) is 0 Å². The molecule has 0 fully saturated rings. The van der Waals surface area contributed by atoms with Gasteiger partial charge in [-0.1, -0.05) is 0 Å². The Labute approximate surface area is 114 Å². The van der Waals surface area contributed by atoms with Crippen LogP contribution in [0.3, 0.4) is 0 Å². The van der Waals surface area contributed by atoms with E-state index in [0.29, 0.717) is 5.75 Å². The number of hydrogen-bond donors (Lipinski definition) is 1. The number of carboxylic acids is 1. The van der Waals surface area contributed by atoms with Crippen LogP contribution in [0.15, 0.2) is 42.5 Å². The molecule has 102 valence electrons. The first kappa shape index (κ1) is 13.7. The highest BCUT2D eigenvalue weighted by molar-refractivity contribution is 5.94. The number of rotatable bonds is 4. The molecule has 0 spiro atoms. The molecule has 0 aliphatic heterocycles. The van der Waals surface area contributed by atoms with Gasteiger partial charge in [0, 0.05) is 5.56 Å². The van der Waals surface area contributed by atoms with E-state index in [2.05, 4.69) is 0 Å². The molecule has 0 amide bonds. The van der Waals surface area contributed by atoms with Gasteiger partial charge in [-0.25, -0.2) is 9.18 Å². The molecule has 2 aromatic rings. The number of hydrogen-bond acceptors (Lipinski definition) is 3. The number of carbonyl (C=O) groups excluding carboxylic acids is 1. The van der Waals surface area contributed by atoms with Gasteiger partial charge in [-0.05, 0) is 49.4 Å². The Hall–Kier alpha value is -2.69. The number of aromatic carboxylic acids is 1. The van der Waals surface area contributed by atoms with E-state index in [1.54, 1.807) is 0 Å². The predicted octanol–water partition coefficient (Wildman–Crippen LogP) is 3.52. The van der Waals surface area contributed by atoms with Crippen LogP contribution in [0.1, 0.15) is 27.6 Å². The molecule has 0 atom stereocenters. The van der Waals surface area contributed by atoms with Crippen LogP contribution in [0, 0.1) is 5.82 Å². The monoisotopic (exact) mass is 274 g/mol. The topological polar surface area (TPSA) is 63.6 Å². The lowest BCUT2D eigenvalue weighted by atomic mass is 10.1. The van der Waals surface area contributed by atoms with Gasteiger partial charge in [0.05, 0.1) is 5.56 Å². The van der Waals surface area contributed by atoms with Gasteiger partial charge < -0.3 is 9.84 Å². The van der Waals surface area contributed by atoms with Gasteiger partial charge in [0.1, 0.15) is 5.75 Å². The Morgan fingerprint density at radius 1 is 1.05 bits per heavy atom. The first-order chi connectivity index (χ1) is 9.47. The molecule has 0 aliphatic rings. The summed E-state index contributed by atoms with van der Waals surface area (Å²) < 4.78 is 19.0. The Kier molecular flexibility index (Phi) is 3.79. The minimum absolute atomic E-state index is 0.0296. The van der Waals surface area contributed by atoms with Crippen molar-refractivity contribution in [3.8, 4) is 11.5 Å². The third-order valence-corrected chi connectivity index (χ3v) is 2.67. The highest BCUT2D eigenvalue weighted by Gasteiger charge is 2.09. The van der Waals surface area contributed by atoms with Gasteiger partial charge >= 0.3 is 5.97 Å². The fraction of sp³-hybridized carbons (Fsp3) is 0.0667. The number of ketones is 1. The fourth-order valence-corrected chi connectivity index (χ4v) is 1.60. The largest absolute Gasteiger partial charge is 0.478 e. The lowest BCUT2D eigenvalue weighted by Gasteiger charge is -2.07. The second-order valence-corrected chi connectivity index (χ2v) is 4.13. The van der Waals surface area contributed by atoms with Crippen molar-refractivity contribution < 1.29 is 23.8 Å². The molecule has 4 nitrogen and oxygen atoms in total. The molecule has 0 saturated heterocycles. The summed E-state index contributed by atoms with van der Waals surface area (Å²) in [5, 5.41) is 8.76. The van der Waals surface area contributed by atoms with Gasteiger partial charge in [-0.2, -0.15) is 0 Å². The number of halogens is 1. The SMILES string of the molecule is CC(=O)c1ccc(Oc2ccc(C(=O)O)cc2)c(F)c1. The first-order valence-electron chi connectivity index (χ1n) is 5.79. The average molecular weight is 274 g/mol. The average Bonchev–Trinajstić information content (AvgIpc) is 2.41. The van der Waals surface area contributed by atoms with Crippen molar-refractivity contribution in [1.82, 2.24) is 0 Å². The normalized spacial score (nSPS) is 10.1. The van der Waals surface area contributed by atoms with Gasteiger partial charge in [0.25, 0.3) is 0 Å². The third kappa shape index (κ3) is 3.00. The summed E-state index contributed by atoms with van der Waals surface area (Å²) in [4.78, 5) is 21.8. The molecular formula is C15H11FO4. The summed E-state index contributed by atoms with van der Waals surface area (Å²) in [6.07, 6.45) is 0. The molecule has 1 N–H and O–H groups in total. The molecule has 2 aromatic carbocycles. The highest BCUT2D eigenvalue weighted by atomic mass is 19.1. The predicted molar refractivity (Wildman–Crippen MR) is 69.9 cm³/mol. The molecule has 0 unspecified atom stereocenters. The number of ether oxygens (including phenoxy) is 1. The van der Waals surface area contributed by atoms with Crippen LogP contribution in [0.4, 0.5) is 4.39 Å². The van der Waals surface area contributed by atoms with Crippen molar-refractivity contribution in [2.24, 2.45) is 0 Å². The maximum atomic E-state index is 13.7. The second kappa shape index (κ2) is 5.52. The Morgan fingerprint density at radius 2 is 1.65 bits per heavy atom. The third-order valence-electron chi connectivity index (χ3n) is 2.67. The zero-order chi connectivity index (χ0) is 14.7. The van der Waals surface area contributed by atoms with Crippen LogP contribution < -0.4 is 4.74 Å². The molecule has 0 saturated carbocycles. The fourth-order valence-electron chi connectivity index (χ4n) is 1.60. The summed E-state index contributed by atoms with van der Waals surface area (Å²) in [6, 6.07) is 9.51. The van der Waals surface area contributed by atoms with Crippen molar-refractivity contribution >= 4 is 11.8 Å². The lowest BCUT2D eigenvalue weighted by Crippen LogP contribution is -1.97. The maximum absolute atomic E-state index is 13.7. The van der Waals surface area contributed by atoms with Crippen LogP contribution >= 0.6 is 0 Å². The molecule has 5 heteroatoms. The molecule has 20 heavy (non-hydrogen) atoms. The van der Waals surface area contributed by atoms with Crippen molar-refractivity contribution in [1.29, 1.82) is 0 Å². The van der Waals surface area contributed by atoms with E-state index < -0.39 is 11.8 Å². The van der Waals surface area contributed by atoms with E-state index in [1.165, 1.54) is 43.3 Å². The van der Waals surface area contributed by atoms with Gasteiger partial charge in [-0.3, -0.25) is 4.79 Å². The van der Waals surface area contributed by atoms with Crippen molar-refractivity contribution in [3.63, 3.8) is 0 Å². The number of carbonyl (C=O) groups is 2. The zero-order valence-electron chi connectivity index (χ0n) is 10.6. The van der Waals surface area contributed by atoms with Gasteiger partial charge in [-0.15, -0.1) is 0 Å². The van der Waals surface area contributed by atoms with Gasteiger partial charge in [0.15, 0.2) is 17.3 Å². The van der Waals surface area contributed by atoms with E-state index in [4.69, 9.17) is 9.84 Å². The second-order valence-electron chi connectivity index (χ2n) is 4.13. The van der Waals surface area contributed by atoms with Crippen LogP contribution in [0.5, 0.6) is 11.5 Å². The summed E-state index contributed by atoms with van der Waals surface area (Å²) in [6.45, 7) is 1.35. The van der Waals surface area contributed by atoms with E-state index in [9.17, 15) is 14.0 Å².